The zero-order valence-electron chi connectivity index (χ0n) is 22.1. The second kappa shape index (κ2) is 12.1. The molecule has 10 nitrogen and oxygen atoms in total. The zero-order valence-corrected chi connectivity index (χ0v) is 22.8. The molecule has 0 aliphatic carbocycles. The summed E-state index contributed by atoms with van der Waals surface area (Å²) in [6.45, 7) is 10.9. The van der Waals surface area contributed by atoms with Gasteiger partial charge in [-0.05, 0) is 41.0 Å². The smallest absolute Gasteiger partial charge is 0.407 e. The first-order chi connectivity index (χ1) is 17.5. The van der Waals surface area contributed by atoms with Gasteiger partial charge < -0.3 is 29.8 Å². The highest BCUT2D eigenvalue weighted by atomic mass is 35.5. The number of aryl methyl sites for hydroxylation is 1. The third-order valence-electron chi connectivity index (χ3n) is 5.29. The van der Waals surface area contributed by atoms with E-state index in [9.17, 15) is 4.79 Å². The van der Waals surface area contributed by atoms with Crippen molar-refractivity contribution in [2.75, 3.05) is 32.6 Å². The van der Waals surface area contributed by atoms with Crippen LogP contribution < -0.4 is 15.8 Å². The lowest BCUT2D eigenvalue weighted by atomic mass is 10.1. The van der Waals surface area contributed by atoms with Crippen molar-refractivity contribution in [3.05, 3.63) is 39.9 Å². The Bertz CT molecular complexity index is 1340. The molecule has 0 aliphatic rings. The number of amides is 1. The largest absolute Gasteiger partial charge is 0.496 e. The van der Waals surface area contributed by atoms with Crippen LogP contribution in [0.2, 0.25) is 5.15 Å². The van der Waals surface area contributed by atoms with Gasteiger partial charge in [0.1, 0.15) is 28.8 Å². The van der Waals surface area contributed by atoms with E-state index in [1.807, 2.05) is 45.4 Å². The van der Waals surface area contributed by atoms with Crippen LogP contribution in [0.5, 0.6) is 5.75 Å². The lowest BCUT2D eigenvalue weighted by molar-refractivity contribution is 0.0522. The summed E-state index contributed by atoms with van der Waals surface area (Å²) in [6.07, 6.45) is 3.82. The summed E-state index contributed by atoms with van der Waals surface area (Å²) in [5, 5.41) is 3.53. The Kier molecular flexibility index (Phi) is 9.18. The second-order valence-electron chi connectivity index (χ2n) is 9.42. The molecule has 0 fully saturated rings. The Balaban J connectivity index is 1.68. The number of halogens is 1. The highest BCUT2D eigenvalue weighted by Crippen LogP contribution is 2.29. The fraction of sp³-hybridized carbons (Fsp3) is 0.462. The van der Waals surface area contributed by atoms with Crippen LogP contribution in [0, 0.1) is 25.7 Å². The van der Waals surface area contributed by atoms with Gasteiger partial charge in [-0.1, -0.05) is 23.4 Å². The van der Waals surface area contributed by atoms with Crippen molar-refractivity contribution in [2.45, 2.75) is 53.2 Å². The number of hydrogen-bond acceptors (Lipinski definition) is 8. The Morgan fingerprint density at radius 1 is 1.27 bits per heavy atom. The van der Waals surface area contributed by atoms with Gasteiger partial charge in [-0.25, -0.2) is 9.78 Å². The number of ether oxygens (including phenoxy) is 3. The SMILES string of the molecule is COc1c(C)cnc(Cn2cc(C#CCOCCCNC(=O)OC(C)(C)C)c3c(Cl)nc(N)nc32)c1C. The molecule has 0 saturated heterocycles. The van der Waals surface area contributed by atoms with E-state index >= 15 is 0 Å². The summed E-state index contributed by atoms with van der Waals surface area (Å²) in [6, 6.07) is 0. The number of aromatic nitrogens is 4. The predicted octanol–water partition coefficient (Wildman–Crippen LogP) is 4.02. The number of pyridine rings is 1. The van der Waals surface area contributed by atoms with Gasteiger partial charge >= 0.3 is 6.09 Å². The Hall–Kier alpha value is -3.55. The highest BCUT2D eigenvalue weighted by molar-refractivity contribution is 6.34. The van der Waals surface area contributed by atoms with E-state index in [1.54, 1.807) is 13.3 Å². The maximum atomic E-state index is 11.7. The van der Waals surface area contributed by atoms with E-state index < -0.39 is 11.7 Å². The number of carbonyl (C=O) groups excluding carboxylic acids is 1. The number of nitrogens with zero attached hydrogens (tertiary/aromatic N) is 4. The summed E-state index contributed by atoms with van der Waals surface area (Å²) in [5.41, 5.74) is 9.31. The number of rotatable bonds is 8. The van der Waals surface area contributed by atoms with Crippen LogP contribution in [0.15, 0.2) is 12.4 Å². The number of nitrogen functional groups attached to an aromatic ring is 1. The molecule has 0 bridgehead atoms. The standard InChI is InChI=1S/C26H33ClN6O4/c1-16-13-30-19(17(2)21(16)35-6)15-33-14-18(20-22(27)31-24(28)32-23(20)33)9-7-11-36-12-8-10-29-25(34)37-26(3,4)5/h13-14H,8,10-12,15H2,1-6H3,(H,29,34)(H2,28,31,32). The van der Waals surface area contributed by atoms with Gasteiger partial charge in [-0.2, -0.15) is 4.98 Å². The summed E-state index contributed by atoms with van der Waals surface area (Å²) < 4.78 is 18.2. The maximum absolute atomic E-state index is 11.7. The minimum atomic E-state index is -0.526. The van der Waals surface area contributed by atoms with Crippen LogP contribution >= 0.6 is 11.6 Å². The van der Waals surface area contributed by atoms with Crippen LogP contribution in [0.4, 0.5) is 10.7 Å². The second-order valence-corrected chi connectivity index (χ2v) is 9.78. The molecular formula is C26H33ClN6O4. The summed E-state index contributed by atoms with van der Waals surface area (Å²) >= 11 is 6.42. The van der Waals surface area contributed by atoms with Crippen molar-refractivity contribution in [2.24, 2.45) is 0 Å². The first kappa shape index (κ1) is 28.0. The molecule has 0 aliphatic heterocycles. The van der Waals surface area contributed by atoms with E-state index in [0.717, 1.165) is 22.6 Å². The molecule has 3 aromatic rings. The first-order valence-electron chi connectivity index (χ1n) is 11.8. The molecule has 0 spiro atoms. The molecule has 0 atom stereocenters. The monoisotopic (exact) mass is 528 g/mol. The maximum Gasteiger partial charge on any atom is 0.407 e. The lowest BCUT2D eigenvalue weighted by Crippen LogP contribution is -2.33. The van der Waals surface area contributed by atoms with E-state index in [2.05, 4.69) is 32.1 Å². The van der Waals surface area contributed by atoms with E-state index in [0.29, 0.717) is 42.7 Å². The number of alkyl carbamates (subject to hydrolysis) is 1. The summed E-state index contributed by atoms with van der Waals surface area (Å²) in [5.74, 6) is 6.97. The van der Waals surface area contributed by atoms with Crippen LogP contribution in [-0.2, 0) is 16.0 Å². The normalized spacial score (nSPS) is 11.2. The Morgan fingerprint density at radius 3 is 2.73 bits per heavy atom. The fourth-order valence-electron chi connectivity index (χ4n) is 3.70. The van der Waals surface area contributed by atoms with Gasteiger partial charge in [0.25, 0.3) is 0 Å². The number of nitrogens with one attached hydrogen (secondary N) is 1. The molecule has 198 valence electrons. The fourth-order valence-corrected chi connectivity index (χ4v) is 3.97. The number of carbonyl (C=O) groups is 1. The van der Waals surface area contributed by atoms with Gasteiger partial charge in [0.15, 0.2) is 0 Å². The minimum absolute atomic E-state index is 0.0749. The van der Waals surface area contributed by atoms with E-state index in [-0.39, 0.29) is 17.7 Å². The van der Waals surface area contributed by atoms with Crippen LogP contribution in [0.1, 0.15) is 49.6 Å². The molecule has 11 heteroatoms. The molecule has 1 amide bonds. The number of hydrogen-bond donors (Lipinski definition) is 2. The van der Waals surface area contributed by atoms with Crippen molar-refractivity contribution in [3.63, 3.8) is 0 Å². The quantitative estimate of drug-likeness (QED) is 0.255. The van der Waals surface area contributed by atoms with Crippen LogP contribution in [0.25, 0.3) is 11.0 Å². The summed E-state index contributed by atoms with van der Waals surface area (Å²) in [7, 11) is 1.64. The Labute approximate surface area is 221 Å². The molecule has 3 heterocycles. The molecule has 0 radical (unpaired) electrons. The number of fused-ring (bicyclic) bond motifs is 1. The van der Waals surface area contributed by atoms with Gasteiger partial charge in [-0.3, -0.25) is 4.98 Å². The number of anilines is 1. The number of nitrogens with two attached hydrogens (primary N) is 1. The molecular weight excluding hydrogens is 496 g/mol. The summed E-state index contributed by atoms with van der Waals surface area (Å²) in [4.78, 5) is 24.7. The van der Waals surface area contributed by atoms with Gasteiger partial charge in [0, 0.05) is 36.7 Å². The molecule has 37 heavy (non-hydrogen) atoms. The average Bonchev–Trinajstić information content (AvgIpc) is 3.14. The van der Waals surface area contributed by atoms with Crippen molar-refractivity contribution in [3.8, 4) is 17.6 Å². The van der Waals surface area contributed by atoms with Crippen molar-refractivity contribution < 1.29 is 19.0 Å². The van der Waals surface area contributed by atoms with Gasteiger partial charge in [-0.15, -0.1) is 0 Å². The van der Waals surface area contributed by atoms with Crippen molar-refractivity contribution in [1.29, 1.82) is 0 Å². The molecule has 3 N–H and O–H groups in total. The predicted molar refractivity (Wildman–Crippen MR) is 143 cm³/mol. The topological polar surface area (TPSA) is 126 Å². The third kappa shape index (κ3) is 7.47. The van der Waals surface area contributed by atoms with Crippen molar-refractivity contribution >= 4 is 34.7 Å². The highest BCUT2D eigenvalue weighted by Gasteiger charge is 2.17. The van der Waals surface area contributed by atoms with Crippen LogP contribution in [-0.4, -0.2) is 58.1 Å². The lowest BCUT2D eigenvalue weighted by Gasteiger charge is -2.19. The van der Waals surface area contributed by atoms with E-state index in [4.69, 9.17) is 31.5 Å². The zero-order chi connectivity index (χ0) is 27.2. The van der Waals surface area contributed by atoms with Gasteiger partial charge in [0.05, 0.1) is 30.3 Å². The number of methoxy groups -OCH3 is 1. The molecule has 0 aromatic carbocycles. The molecule has 3 aromatic heterocycles. The van der Waals surface area contributed by atoms with Gasteiger partial charge in [0.2, 0.25) is 5.95 Å². The average molecular weight is 529 g/mol. The molecule has 0 unspecified atom stereocenters. The minimum Gasteiger partial charge on any atom is -0.496 e. The van der Waals surface area contributed by atoms with E-state index in [1.165, 1.54) is 0 Å². The molecule has 3 rings (SSSR count). The van der Waals surface area contributed by atoms with Crippen LogP contribution in [0.3, 0.4) is 0 Å². The Morgan fingerprint density at radius 2 is 2.03 bits per heavy atom. The molecule has 0 saturated carbocycles. The third-order valence-corrected chi connectivity index (χ3v) is 5.56. The first-order valence-corrected chi connectivity index (χ1v) is 12.2. The van der Waals surface area contributed by atoms with Crippen molar-refractivity contribution in [1.82, 2.24) is 24.8 Å².